The van der Waals surface area contributed by atoms with Gasteiger partial charge in [0, 0.05) is 37.1 Å². The maximum Gasteiger partial charge on any atom is 0.269 e. The van der Waals surface area contributed by atoms with Crippen LogP contribution in [0.15, 0.2) is 24.3 Å². The molecule has 0 aromatic heterocycles. The lowest BCUT2D eigenvalue weighted by Crippen LogP contribution is -2.24. The first-order valence-corrected chi connectivity index (χ1v) is 8.50. The Labute approximate surface area is 130 Å². The Morgan fingerprint density at radius 1 is 1.43 bits per heavy atom. The van der Waals surface area contributed by atoms with Gasteiger partial charge in [-0.05, 0) is 24.2 Å². The molecule has 0 amide bonds. The Hall–Kier alpha value is -1.11. The molecule has 0 spiro atoms. The number of thioether (sulfide) groups is 1. The van der Waals surface area contributed by atoms with Crippen molar-refractivity contribution in [2.75, 3.05) is 24.7 Å². The summed E-state index contributed by atoms with van der Waals surface area (Å²) in [4.78, 5) is 10.5. The van der Waals surface area contributed by atoms with Gasteiger partial charge in [-0.2, -0.15) is 11.8 Å². The third-order valence-electron chi connectivity index (χ3n) is 3.14. The normalized spacial score (nSPS) is 12.3. The van der Waals surface area contributed by atoms with Gasteiger partial charge >= 0.3 is 0 Å². The summed E-state index contributed by atoms with van der Waals surface area (Å²) in [5.41, 5.74) is 1.12. The Morgan fingerprint density at radius 3 is 2.90 bits per heavy atom. The lowest BCUT2D eigenvalue weighted by molar-refractivity contribution is -0.384. The number of aliphatic hydroxyl groups excluding tert-OH is 1. The van der Waals surface area contributed by atoms with Crippen molar-refractivity contribution in [3.63, 3.8) is 0 Å². The van der Waals surface area contributed by atoms with E-state index < -0.39 is 0 Å². The molecule has 6 heteroatoms. The first-order valence-electron chi connectivity index (χ1n) is 7.35. The zero-order valence-electron chi connectivity index (χ0n) is 12.5. The van der Waals surface area contributed by atoms with E-state index in [1.54, 1.807) is 12.1 Å². The fourth-order valence-electron chi connectivity index (χ4n) is 2.10. The van der Waals surface area contributed by atoms with Gasteiger partial charge < -0.3 is 10.4 Å². The van der Waals surface area contributed by atoms with Crippen LogP contribution in [0.5, 0.6) is 0 Å². The molecule has 0 saturated carbocycles. The number of nitrogens with one attached hydrogen (secondary N) is 1. The molecule has 1 rings (SSSR count). The minimum absolute atomic E-state index is 0.146. The minimum atomic E-state index is -0.350. The summed E-state index contributed by atoms with van der Waals surface area (Å²) in [6.07, 6.45) is 2.81. The Morgan fingerprint density at radius 2 is 2.24 bits per heavy atom. The van der Waals surface area contributed by atoms with E-state index in [4.69, 9.17) is 5.11 Å². The van der Waals surface area contributed by atoms with Crippen LogP contribution in [0.4, 0.5) is 5.69 Å². The van der Waals surface area contributed by atoms with Crippen molar-refractivity contribution in [2.24, 2.45) is 0 Å². The Kier molecular flexibility index (Phi) is 9.05. The maximum absolute atomic E-state index is 10.9. The van der Waals surface area contributed by atoms with Crippen molar-refractivity contribution >= 4 is 17.4 Å². The third kappa shape index (κ3) is 6.93. The molecule has 1 aromatic rings. The number of aliphatic hydroxyl groups is 1. The summed E-state index contributed by atoms with van der Waals surface area (Å²) < 4.78 is 0. The van der Waals surface area contributed by atoms with Crippen molar-refractivity contribution in [3.05, 3.63) is 39.9 Å². The maximum atomic E-state index is 10.9. The van der Waals surface area contributed by atoms with Crippen LogP contribution in [-0.2, 0) is 0 Å². The fourth-order valence-corrected chi connectivity index (χ4v) is 2.90. The zero-order chi connectivity index (χ0) is 15.5. The van der Waals surface area contributed by atoms with Crippen LogP contribution in [0.3, 0.4) is 0 Å². The van der Waals surface area contributed by atoms with Crippen LogP contribution >= 0.6 is 11.8 Å². The van der Waals surface area contributed by atoms with E-state index in [9.17, 15) is 10.1 Å². The van der Waals surface area contributed by atoms with Crippen molar-refractivity contribution in [2.45, 2.75) is 32.2 Å². The standard InChI is InChI=1S/C15H24N2O3S/c1-2-5-15(16-8-11-21-10-4-9-18)13-6-3-7-14(12-13)17(19)20/h3,6-7,12,15-16,18H,2,4-5,8-11H2,1H3. The van der Waals surface area contributed by atoms with Crippen molar-refractivity contribution in [1.29, 1.82) is 0 Å². The number of hydrogen-bond donors (Lipinski definition) is 2. The second kappa shape index (κ2) is 10.6. The van der Waals surface area contributed by atoms with Crippen LogP contribution in [0.1, 0.15) is 37.8 Å². The second-order valence-corrected chi connectivity index (χ2v) is 6.06. The van der Waals surface area contributed by atoms with Gasteiger partial charge in [0.15, 0.2) is 0 Å². The molecule has 0 bridgehead atoms. The molecule has 1 atom stereocenters. The van der Waals surface area contributed by atoms with Crippen LogP contribution in [-0.4, -0.2) is 34.7 Å². The summed E-state index contributed by atoms with van der Waals surface area (Å²) in [6.45, 7) is 3.22. The molecule has 0 aliphatic rings. The van der Waals surface area contributed by atoms with Gasteiger partial charge in [0.2, 0.25) is 0 Å². The monoisotopic (exact) mass is 312 g/mol. The van der Waals surface area contributed by atoms with Crippen molar-refractivity contribution in [1.82, 2.24) is 5.32 Å². The lowest BCUT2D eigenvalue weighted by atomic mass is 10.0. The van der Waals surface area contributed by atoms with E-state index in [0.29, 0.717) is 0 Å². The Balaban J connectivity index is 2.52. The molecule has 118 valence electrons. The van der Waals surface area contributed by atoms with Crippen LogP contribution < -0.4 is 5.32 Å². The summed E-state index contributed by atoms with van der Waals surface area (Å²) in [6, 6.07) is 7.03. The average molecular weight is 312 g/mol. The Bertz CT molecular complexity index is 429. The van der Waals surface area contributed by atoms with Gasteiger partial charge in [0.05, 0.1) is 4.92 Å². The molecule has 2 N–H and O–H groups in total. The van der Waals surface area contributed by atoms with E-state index in [1.165, 1.54) is 6.07 Å². The lowest BCUT2D eigenvalue weighted by Gasteiger charge is -2.18. The average Bonchev–Trinajstić information content (AvgIpc) is 2.49. The summed E-state index contributed by atoms with van der Waals surface area (Å²) >= 11 is 1.81. The number of rotatable bonds is 11. The quantitative estimate of drug-likeness (QED) is 0.373. The van der Waals surface area contributed by atoms with Gasteiger partial charge in [-0.15, -0.1) is 0 Å². The summed E-state index contributed by atoms with van der Waals surface area (Å²) in [7, 11) is 0. The van der Waals surface area contributed by atoms with Gasteiger partial charge in [-0.1, -0.05) is 25.5 Å². The number of non-ortho nitro benzene ring substituents is 1. The van der Waals surface area contributed by atoms with Gasteiger partial charge in [0.1, 0.15) is 0 Å². The molecule has 0 saturated heterocycles. The molecule has 0 aliphatic carbocycles. The number of benzene rings is 1. The topological polar surface area (TPSA) is 75.4 Å². The number of nitro benzene ring substituents is 1. The smallest absolute Gasteiger partial charge is 0.269 e. The molecular formula is C15H24N2O3S. The van der Waals surface area contributed by atoms with Gasteiger partial charge in [-0.25, -0.2) is 0 Å². The molecule has 1 unspecified atom stereocenters. The third-order valence-corrected chi connectivity index (χ3v) is 4.21. The highest BCUT2D eigenvalue weighted by atomic mass is 32.2. The van der Waals surface area contributed by atoms with Crippen molar-refractivity contribution in [3.8, 4) is 0 Å². The van der Waals surface area contributed by atoms with E-state index in [2.05, 4.69) is 12.2 Å². The predicted octanol–water partition coefficient (Wildman–Crippen LogP) is 3.14. The van der Waals surface area contributed by atoms with E-state index in [1.807, 2.05) is 17.8 Å². The highest BCUT2D eigenvalue weighted by molar-refractivity contribution is 7.99. The molecule has 1 aromatic carbocycles. The fraction of sp³-hybridized carbons (Fsp3) is 0.600. The number of hydrogen-bond acceptors (Lipinski definition) is 5. The molecule has 5 nitrogen and oxygen atoms in total. The highest BCUT2D eigenvalue weighted by Crippen LogP contribution is 2.22. The van der Waals surface area contributed by atoms with Crippen LogP contribution in [0, 0.1) is 10.1 Å². The molecular weight excluding hydrogens is 288 g/mol. The summed E-state index contributed by atoms with van der Waals surface area (Å²) in [5.74, 6) is 1.95. The first kappa shape index (κ1) is 17.9. The molecule has 21 heavy (non-hydrogen) atoms. The largest absolute Gasteiger partial charge is 0.396 e. The molecule has 0 heterocycles. The first-order chi connectivity index (χ1) is 10.2. The zero-order valence-corrected chi connectivity index (χ0v) is 13.3. The van der Waals surface area contributed by atoms with Crippen LogP contribution in [0.25, 0.3) is 0 Å². The minimum Gasteiger partial charge on any atom is -0.396 e. The molecule has 0 radical (unpaired) electrons. The predicted molar refractivity (Wildman–Crippen MR) is 87.8 cm³/mol. The van der Waals surface area contributed by atoms with Crippen molar-refractivity contribution < 1.29 is 10.0 Å². The molecule has 0 fully saturated rings. The van der Waals surface area contributed by atoms with E-state index in [-0.39, 0.29) is 23.3 Å². The van der Waals surface area contributed by atoms with E-state index in [0.717, 1.165) is 42.9 Å². The summed E-state index contributed by atoms with van der Waals surface area (Å²) in [5, 5.41) is 23.0. The second-order valence-electron chi connectivity index (χ2n) is 4.84. The van der Waals surface area contributed by atoms with Gasteiger partial charge in [-0.3, -0.25) is 10.1 Å². The highest BCUT2D eigenvalue weighted by Gasteiger charge is 2.13. The van der Waals surface area contributed by atoms with Gasteiger partial charge in [0.25, 0.3) is 5.69 Å². The molecule has 0 aliphatic heterocycles. The van der Waals surface area contributed by atoms with E-state index >= 15 is 0 Å². The van der Waals surface area contributed by atoms with Crippen LogP contribution in [0.2, 0.25) is 0 Å². The SMILES string of the molecule is CCCC(NCCSCCCO)c1cccc([N+](=O)[O-])c1. The number of nitro groups is 1. The number of nitrogens with zero attached hydrogens (tertiary/aromatic N) is 1.